The van der Waals surface area contributed by atoms with Gasteiger partial charge in [-0.05, 0) is 43.9 Å². The molecule has 0 unspecified atom stereocenters. The number of amides is 1. The summed E-state index contributed by atoms with van der Waals surface area (Å²) in [6.45, 7) is 2.83. The summed E-state index contributed by atoms with van der Waals surface area (Å²) in [4.78, 5) is 11.9. The second-order valence-electron chi connectivity index (χ2n) is 5.83. The molecule has 1 aliphatic rings. The maximum atomic E-state index is 11.9. The van der Waals surface area contributed by atoms with Gasteiger partial charge >= 0.3 is 0 Å². The van der Waals surface area contributed by atoms with Gasteiger partial charge in [0.25, 0.3) is 0 Å². The number of methoxy groups -OCH3 is 1. The summed E-state index contributed by atoms with van der Waals surface area (Å²) >= 11 is 0. The van der Waals surface area contributed by atoms with Crippen LogP contribution in [0.2, 0.25) is 0 Å². The van der Waals surface area contributed by atoms with E-state index < -0.39 is 0 Å². The van der Waals surface area contributed by atoms with Gasteiger partial charge in [0.1, 0.15) is 5.75 Å². The molecule has 1 N–H and O–H groups in total. The van der Waals surface area contributed by atoms with E-state index in [9.17, 15) is 4.79 Å². The van der Waals surface area contributed by atoms with Crippen molar-refractivity contribution < 1.29 is 9.53 Å². The van der Waals surface area contributed by atoms with Gasteiger partial charge in [0.2, 0.25) is 5.91 Å². The third-order valence-corrected chi connectivity index (χ3v) is 4.09. The smallest absolute Gasteiger partial charge is 0.244 e. The Bertz CT molecular complexity index is 502. The molecule has 1 saturated carbocycles. The Morgan fingerprint density at radius 1 is 1.33 bits per heavy atom. The number of aryl methyl sites for hydroxylation is 1. The minimum Gasteiger partial charge on any atom is -0.496 e. The van der Waals surface area contributed by atoms with E-state index in [2.05, 4.69) is 5.32 Å². The molecule has 3 heteroatoms. The fourth-order valence-corrected chi connectivity index (χ4v) is 2.84. The van der Waals surface area contributed by atoms with Crippen LogP contribution >= 0.6 is 0 Å². The van der Waals surface area contributed by atoms with Crippen LogP contribution in [0, 0.1) is 12.8 Å². The predicted octanol–water partition coefficient (Wildman–Crippen LogP) is 3.71. The van der Waals surface area contributed by atoms with E-state index in [0.29, 0.717) is 5.92 Å². The summed E-state index contributed by atoms with van der Waals surface area (Å²) in [5.74, 6) is 1.42. The van der Waals surface area contributed by atoms with Crippen molar-refractivity contribution in [2.45, 2.75) is 39.0 Å². The first-order chi connectivity index (χ1) is 10.2. The van der Waals surface area contributed by atoms with Gasteiger partial charge in [0.05, 0.1) is 7.11 Å². The van der Waals surface area contributed by atoms with Crippen LogP contribution in [-0.4, -0.2) is 19.6 Å². The van der Waals surface area contributed by atoms with Gasteiger partial charge in [-0.1, -0.05) is 30.9 Å². The molecule has 1 amide bonds. The van der Waals surface area contributed by atoms with E-state index in [-0.39, 0.29) is 5.91 Å². The molecular formula is C18H25NO2. The average Bonchev–Trinajstić information content (AvgIpc) is 2.52. The second kappa shape index (κ2) is 7.87. The minimum absolute atomic E-state index is 0.0240. The molecule has 2 rings (SSSR count). The van der Waals surface area contributed by atoms with E-state index in [4.69, 9.17) is 4.74 Å². The van der Waals surface area contributed by atoms with Crippen molar-refractivity contribution in [2.24, 2.45) is 5.92 Å². The maximum Gasteiger partial charge on any atom is 0.244 e. The average molecular weight is 287 g/mol. The number of hydrogen-bond donors (Lipinski definition) is 1. The highest BCUT2D eigenvalue weighted by Crippen LogP contribution is 2.23. The zero-order valence-corrected chi connectivity index (χ0v) is 13.0. The maximum absolute atomic E-state index is 11.9. The van der Waals surface area contributed by atoms with Crippen LogP contribution in [0.5, 0.6) is 5.75 Å². The molecule has 1 aliphatic carbocycles. The topological polar surface area (TPSA) is 38.3 Å². The summed E-state index contributed by atoms with van der Waals surface area (Å²) < 4.78 is 5.30. The molecule has 0 atom stereocenters. The first-order valence-electron chi connectivity index (χ1n) is 7.79. The Labute approximate surface area is 127 Å². The van der Waals surface area contributed by atoms with Gasteiger partial charge in [-0.25, -0.2) is 0 Å². The van der Waals surface area contributed by atoms with Crippen LogP contribution in [0.15, 0.2) is 24.3 Å². The quantitative estimate of drug-likeness (QED) is 0.838. The first-order valence-corrected chi connectivity index (χ1v) is 7.79. The summed E-state index contributed by atoms with van der Waals surface area (Å²) in [7, 11) is 1.64. The number of ether oxygens (including phenoxy) is 1. The van der Waals surface area contributed by atoms with E-state index in [1.165, 1.54) is 32.1 Å². The fourth-order valence-electron chi connectivity index (χ4n) is 2.84. The van der Waals surface area contributed by atoms with Crippen molar-refractivity contribution in [2.75, 3.05) is 13.7 Å². The van der Waals surface area contributed by atoms with Crippen molar-refractivity contribution in [3.05, 3.63) is 35.4 Å². The molecule has 0 aliphatic heterocycles. The van der Waals surface area contributed by atoms with E-state index in [1.807, 2.05) is 31.2 Å². The lowest BCUT2D eigenvalue weighted by Crippen LogP contribution is -2.28. The second-order valence-corrected chi connectivity index (χ2v) is 5.83. The van der Waals surface area contributed by atoms with Crippen LogP contribution in [0.25, 0.3) is 6.08 Å². The van der Waals surface area contributed by atoms with E-state index in [0.717, 1.165) is 23.4 Å². The molecule has 0 bridgehead atoms. The SMILES string of the molecule is COc1ccc(C)cc1/C=C/C(=O)NCC1CCCCC1. The Morgan fingerprint density at radius 2 is 2.10 bits per heavy atom. The Hall–Kier alpha value is -1.77. The summed E-state index contributed by atoms with van der Waals surface area (Å²) in [5, 5.41) is 3.01. The van der Waals surface area contributed by atoms with Crippen LogP contribution < -0.4 is 10.1 Å². The molecule has 0 spiro atoms. The zero-order valence-electron chi connectivity index (χ0n) is 13.0. The number of carbonyl (C=O) groups excluding carboxylic acids is 1. The molecule has 1 aromatic rings. The molecular weight excluding hydrogens is 262 g/mol. The molecule has 114 valence electrons. The highest BCUT2D eigenvalue weighted by Gasteiger charge is 2.13. The number of hydrogen-bond acceptors (Lipinski definition) is 2. The van der Waals surface area contributed by atoms with Gasteiger partial charge < -0.3 is 10.1 Å². The Balaban J connectivity index is 1.88. The van der Waals surface area contributed by atoms with Gasteiger partial charge in [0.15, 0.2) is 0 Å². The third kappa shape index (κ3) is 4.92. The van der Waals surface area contributed by atoms with E-state index in [1.54, 1.807) is 13.2 Å². The van der Waals surface area contributed by atoms with E-state index >= 15 is 0 Å². The first kappa shape index (κ1) is 15.6. The van der Waals surface area contributed by atoms with Crippen LogP contribution in [-0.2, 0) is 4.79 Å². The third-order valence-electron chi connectivity index (χ3n) is 4.09. The highest BCUT2D eigenvalue weighted by atomic mass is 16.5. The number of benzene rings is 1. The van der Waals surface area contributed by atoms with Crippen LogP contribution in [0.1, 0.15) is 43.2 Å². The highest BCUT2D eigenvalue weighted by molar-refractivity contribution is 5.92. The van der Waals surface area contributed by atoms with Gasteiger partial charge in [-0.15, -0.1) is 0 Å². The molecule has 21 heavy (non-hydrogen) atoms. The molecule has 3 nitrogen and oxygen atoms in total. The number of nitrogens with one attached hydrogen (secondary N) is 1. The molecule has 0 radical (unpaired) electrons. The molecule has 0 aromatic heterocycles. The molecule has 0 saturated heterocycles. The number of carbonyl (C=O) groups is 1. The standard InChI is InChI=1S/C18H25NO2/c1-14-8-10-17(21-2)16(12-14)9-11-18(20)19-13-15-6-4-3-5-7-15/h8-12,15H,3-7,13H2,1-2H3,(H,19,20)/b11-9+. The lowest BCUT2D eigenvalue weighted by molar-refractivity contribution is -0.116. The summed E-state index contributed by atoms with van der Waals surface area (Å²) in [6.07, 6.45) is 9.86. The van der Waals surface area contributed by atoms with Crippen molar-refractivity contribution in [1.82, 2.24) is 5.32 Å². The number of rotatable bonds is 5. The van der Waals surface area contributed by atoms with Crippen molar-refractivity contribution in [1.29, 1.82) is 0 Å². The zero-order chi connectivity index (χ0) is 15.1. The van der Waals surface area contributed by atoms with Crippen molar-refractivity contribution in [3.63, 3.8) is 0 Å². The lowest BCUT2D eigenvalue weighted by atomic mass is 9.89. The fraction of sp³-hybridized carbons (Fsp3) is 0.500. The monoisotopic (exact) mass is 287 g/mol. The molecule has 1 fully saturated rings. The van der Waals surface area contributed by atoms with Gasteiger partial charge in [-0.3, -0.25) is 4.79 Å². The van der Waals surface area contributed by atoms with Crippen LogP contribution in [0.4, 0.5) is 0 Å². The molecule has 1 aromatic carbocycles. The normalized spacial score (nSPS) is 16.1. The summed E-state index contributed by atoms with van der Waals surface area (Å²) in [6, 6.07) is 5.94. The Morgan fingerprint density at radius 3 is 2.81 bits per heavy atom. The summed E-state index contributed by atoms with van der Waals surface area (Å²) in [5.41, 5.74) is 2.09. The van der Waals surface area contributed by atoms with Crippen molar-refractivity contribution >= 4 is 12.0 Å². The van der Waals surface area contributed by atoms with Gasteiger partial charge in [0, 0.05) is 18.2 Å². The molecule has 0 heterocycles. The van der Waals surface area contributed by atoms with Crippen LogP contribution in [0.3, 0.4) is 0 Å². The Kier molecular flexibility index (Phi) is 5.85. The van der Waals surface area contributed by atoms with Crippen molar-refractivity contribution in [3.8, 4) is 5.75 Å². The minimum atomic E-state index is -0.0240. The lowest BCUT2D eigenvalue weighted by Gasteiger charge is -2.21. The predicted molar refractivity (Wildman–Crippen MR) is 86.3 cm³/mol. The van der Waals surface area contributed by atoms with Gasteiger partial charge in [-0.2, -0.15) is 0 Å². The largest absolute Gasteiger partial charge is 0.496 e.